The topological polar surface area (TPSA) is 90.4 Å². The number of hydrogen-bond donors (Lipinski definition) is 3. The molecule has 0 fully saturated rings. The van der Waals surface area contributed by atoms with Crippen molar-refractivity contribution >= 4 is 34.6 Å². The van der Waals surface area contributed by atoms with Crippen molar-refractivity contribution in [2.75, 3.05) is 18.2 Å². The van der Waals surface area contributed by atoms with Gasteiger partial charge >= 0.3 is 0 Å². The molecule has 0 spiro atoms. The first-order valence-corrected chi connectivity index (χ1v) is 6.60. The van der Waals surface area contributed by atoms with Gasteiger partial charge in [-0.15, -0.1) is 0 Å². The Balaban J connectivity index is 2.49. The van der Waals surface area contributed by atoms with E-state index < -0.39 is 5.91 Å². The van der Waals surface area contributed by atoms with Crippen LogP contribution in [0.3, 0.4) is 0 Å². The number of hydrogen-bond acceptors (Lipinski definition) is 4. The number of nitrogen functional groups attached to an aromatic ring is 1. The summed E-state index contributed by atoms with van der Waals surface area (Å²) >= 11 is 6.07. The minimum atomic E-state index is -0.540. The van der Waals surface area contributed by atoms with Crippen molar-refractivity contribution in [2.45, 2.75) is 6.92 Å². The fourth-order valence-corrected chi connectivity index (χ4v) is 2.11. The van der Waals surface area contributed by atoms with Crippen LogP contribution < -0.4 is 21.5 Å². The average molecular weight is 306 g/mol. The molecule has 5 N–H and O–H groups in total. The normalized spacial score (nSPS) is 10.2. The molecule has 2 rings (SSSR count). The molecule has 2 aromatic carbocycles. The Hall–Kier alpha value is -2.40. The second-order valence-electron chi connectivity index (χ2n) is 4.60. The minimum absolute atomic E-state index is 0.346. The monoisotopic (exact) mass is 305 g/mol. The number of aryl methyl sites for hydroxylation is 1. The first kappa shape index (κ1) is 15.0. The standard InChI is InChI=1S/C15H16ClN3O2/c1-8-5-13(14(21-2)7-11(8)16)19-12-6-9(17)3-4-10(12)15(18)20/h3-7,19H,17H2,1-2H3,(H2,18,20). The van der Waals surface area contributed by atoms with Crippen LogP contribution >= 0.6 is 11.6 Å². The van der Waals surface area contributed by atoms with Crippen LogP contribution in [-0.2, 0) is 0 Å². The highest BCUT2D eigenvalue weighted by molar-refractivity contribution is 6.31. The Morgan fingerprint density at radius 3 is 2.57 bits per heavy atom. The van der Waals surface area contributed by atoms with Gasteiger partial charge in [0.25, 0.3) is 5.91 Å². The van der Waals surface area contributed by atoms with E-state index in [4.69, 9.17) is 27.8 Å². The summed E-state index contributed by atoms with van der Waals surface area (Å²) < 4.78 is 5.29. The molecule has 0 atom stereocenters. The van der Waals surface area contributed by atoms with Crippen molar-refractivity contribution < 1.29 is 9.53 Å². The number of carbonyl (C=O) groups excluding carboxylic acids is 1. The molecule has 0 heterocycles. The van der Waals surface area contributed by atoms with Gasteiger partial charge in [0.05, 0.1) is 24.0 Å². The van der Waals surface area contributed by atoms with Crippen LogP contribution in [0.5, 0.6) is 5.75 Å². The number of methoxy groups -OCH3 is 1. The van der Waals surface area contributed by atoms with Gasteiger partial charge in [-0.3, -0.25) is 4.79 Å². The molecule has 0 bridgehead atoms. The second-order valence-corrected chi connectivity index (χ2v) is 5.00. The Morgan fingerprint density at radius 1 is 1.24 bits per heavy atom. The van der Waals surface area contributed by atoms with Crippen LogP contribution in [0.25, 0.3) is 0 Å². The Labute approximate surface area is 127 Å². The molecule has 21 heavy (non-hydrogen) atoms. The van der Waals surface area contributed by atoms with Gasteiger partial charge in [0.1, 0.15) is 5.75 Å². The summed E-state index contributed by atoms with van der Waals surface area (Å²) in [6.07, 6.45) is 0. The molecule has 0 saturated carbocycles. The van der Waals surface area contributed by atoms with E-state index in [1.165, 1.54) is 0 Å². The minimum Gasteiger partial charge on any atom is -0.495 e. The lowest BCUT2D eigenvalue weighted by atomic mass is 10.1. The van der Waals surface area contributed by atoms with Gasteiger partial charge in [0.2, 0.25) is 0 Å². The van der Waals surface area contributed by atoms with Crippen molar-refractivity contribution in [1.82, 2.24) is 0 Å². The molecule has 0 aliphatic heterocycles. The number of primary amides is 1. The van der Waals surface area contributed by atoms with Crippen LogP contribution in [0.2, 0.25) is 5.02 Å². The van der Waals surface area contributed by atoms with Crippen LogP contribution in [0.4, 0.5) is 17.1 Å². The number of carbonyl (C=O) groups is 1. The van der Waals surface area contributed by atoms with Gasteiger partial charge in [-0.05, 0) is 36.8 Å². The molecule has 110 valence electrons. The highest BCUT2D eigenvalue weighted by Gasteiger charge is 2.12. The van der Waals surface area contributed by atoms with Crippen molar-refractivity contribution in [3.05, 3.63) is 46.5 Å². The molecule has 1 amide bonds. The summed E-state index contributed by atoms with van der Waals surface area (Å²) in [5.74, 6) is 0.0191. The lowest BCUT2D eigenvalue weighted by molar-refractivity contribution is 0.100. The van der Waals surface area contributed by atoms with E-state index in [0.29, 0.717) is 33.4 Å². The van der Waals surface area contributed by atoms with Crippen LogP contribution in [0, 0.1) is 6.92 Å². The molecule has 0 aliphatic rings. The van der Waals surface area contributed by atoms with E-state index in [0.717, 1.165) is 5.56 Å². The van der Waals surface area contributed by atoms with Crippen molar-refractivity contribution in [3.63, 3.8) is 0 Å². The van der Waals surface area contributed by atoms with Gasteiger partial charge in [-0.25, -0.2) is 0 Å². The summed E-state index contributed by atoms with van der Waals surface area (Å²) in [6, 6.07) is 8.37. The summed E-state index contributed by atoms with van der Waals surface area (Å²) in [4.78, 5) is 11.5. The third-order valence-electron chi connectivity index (χ3n) is 3.06. The van der Waals surface area contributed by atoms with Crippen molar-refractivity contribution in [2.24, 2.45) is 5.73 Å². The fraction of sp³-hybridized carbons (Fsp3) is 0.133. The van der Waals surface area contributed by atoms with E-state index >= 15 is 0 Å². The average Bonchev–Trinajstić information content (AvgIpc) is 2.42. The van der Waals surface area contributed by atoms with Crippen molar-refractivity contribution in [1.29, 1.82) is 0 Å². The number of amides is 1. The molecule has 0 saturated heterocycles. The fourth-order valence-electron chi connectivity index (χ4n) is 1.96. The van der Waals surface area contributed by atoms with Gasteiger partial charge in [0, 0.05) is 16.8 Å². The molecule has 5 nitrogen and oxygen atoms in total. The van der Waals surface area contributed by atoms with E-state index in [1.807, 2.05) is 13.0 Å². The van der Waals surface area contributed by atoms with Crippen molar-refractivity contribution in [3.8, 4) is 5.75 Å². The highest BCUT2D eigenvalue weighted by Crippen LogP contribution is 2.34. The lowest BCUT2D eigenvalue weighted by Crippen LogP contribution is -2.13. The highest BCUT2D eigenvalue weighted by atomic mass is 35.5. The maximum Gasteiger partial charge on any atom is 0.250 e. The SMILES string of the molecule is COc1cc(Cl)c(C)cc1Nc1cc(N)ccc1C(N)=O. The lowest BCUT2D eigenvalue weighted by Gasteiger charge is -2.15. The first-order chi connectivity index (χ1) is 9.92. The molecule has 2 aromatic rings. The predicted molar refractivity (Wildman–Crippen MR) is 85.4 cm³/mol. The summed E-state index contributed by atoms with van der Waals surface area (Å²) in [6.45, 7) is 1.88. The van der Waals surface area contributed by atoms with E-state index in [2.05, 4.69) is 5.32 Å². The van der Waals surface area contributed by atoms with Gasteiger partial charge in [-0.2, -0.15) is 0 Å². The molecular formula is C15H16ClN3O2. The molecule has 0 aromatic heterocycles. The number of ether oxygens (including phenoxy) is 1. The Morgan fingerprint density at radius 2 is 1.95 bits per heavy atom. The molecule has 0 radical (unpaired) electrons. The number of anilines is 3. The maximum atomic E-state index is 11.5. The number of nitrogens with one attached hydrogen (secondary N) is 1. The van der Waals surface area contributed by atoms with E-state index in [-0.39, 0.29) is 0 Å². The van der Waals surface area contributed by atoms with Gasteiger partial charge < -0.3 is 21.5 Å². The maximum absolute atomic E-state index is 11.5. The first-order valence-electron chi connectivity index (χ1n) is 6.23. The smallest absolute Gasteiger partial charge is 0.250 e. The number of benzene rings is 2. The number of nitrogens with two attached hydrogens (primary N) is 2. The quantitative estimate of drug-likeness (QED) is 0.757. The van der Waals surface area contributed by atoms with Gasteiger partial charge in [0.15, 0.2) is 0 Å². The molecule has 6 heteroatoms. The summed E-state index contributed by atoms with van der Waals surface area (Å²) in [7, 11) is 1.54. The van der Waals surface area contributed by atoms with E-state index in [9.17, 15) is 4.79 Å². The second kappa shape index (κ2) is 5.93. The van der Waals surface area contributed by atoms with Crippen LogP contribution in [-0.4, -0.2) is 13.0 Å². The third kappa shape index (κ3) is 3.20. The Bertz CT molecular complexity index is 702. The zero-order valence-corrected chi connectivity index (χ0v) is 12.5. The van der Waals surface area contributed by atoms with Gasteiger partial charge in [-0.1, -0.05) is 11.6 Å². The molecule has 0 aliphatic carbocycles. The number of halogens is 1. The number of rotatable bonds is 4. The van der Waals surface area contributed by atoms with Crippen LogP contribution in [0.15, 0.2) is 30.3 Å². The van der Waals surface area contributed by atoms with Crippen LogP contribution in [0.1, 0.15) is 15.9 Å². The third-order valence-corrected chi connectivity index (χ3v) is 3.47. The molecular weight excluding hydrogens is 290 g/mol. The Kier molecular flexibility index (Phi) is 4.23. The summed E-state index contributed by atoms with van der Waals surface area (Å²) in [5, 5.41) is 3.72. The largest absolute Gasteiger partial charge is 0.495 e. The summed E-state index contributed by atoms with van der Waals surface area (Å²) in [5.41, 5.74) is 14.1. The molecule has 0 unspecified atom stereocenters. The zero-order valence-electron chi connectivity index (χ0n) is 11.7. The predicted octanol–water partition coefficient (Wildman–Crippen LogP) is 3.08. The zero-order chi connectivity index (χ0) is 15.6. The van der Waals surface area contributed by atoms with E-state index in [1.54, 1.807) is 31.4 Å².